The molecule has 0 amide bonds. The van der Waals surface area contributed by atoms with E-state index in [1.54, 1.807) is 0 Å². The monoisotopic (exact) mass is 394 g/mol. The molecular formula is C19H17OPRu+. The second-order valence-corrected chi connectivity index (χ2v) is 6.96. The Bertz CT molecular complexity index is 550. The van der Waals surface area contributed by atoms with Crippen molar-refractivity contribution in [2.75, 3.05) is 0 Å². The van der Waals surface area contributed by atoms with Gasteiger partial charge in [0.15, 0.2) is 0 Å². The summed E-state index contributed by atoms with van der Waals surface area (Å²) >= 11 is 0. The second kappa shape index (κ2) is 10.2. The van der Waals surface area contributed by atoms with Crippen LogP contribution in [0, 0.1) is 0 Å². The van der Waals surface area contributed by atoms with Gasteiger partial charge in [-0.15, -0.1) is 0 Å². The third-order valence-corrected chi connectivity index (χ3v) is 5.92. The van der Waals surface area contributed by atoms with Crippen LogP contribution >= 0.6 is 7.92 Å². The first kappa shape index (κ1) is 18.4. The van der Waals surface area contributed by atoms with Gasteiger partial charge >= 0.3 is 19.5 Å². The Morgan fingerprint density at radius 3 is 0.955 bits per heavy atom. The van der Waals surface area contributed by atoms with Gasteiger partial charge in [-0.3, -0.25) is 6.79 Å². The summed E-state index contributed by atoms with van der Waals surface area (Å²) in [6.07, 6.45) is 0. The maximum Gasteiger partial charge on any atom is 1.00 e. The number of rotatable bonds is 3. The SMILES string of the molecule is [CH-]=O.[Ru+].c1ccc([PH+](c2ccccc2)c2ccccc2)cc1. The zero-order valence-corrected chi connectivity index (χ0v) is 14.7. The Morgan fingerprint density at radius 2 is 0.727 bits per heavy atom. The van der Waals surface area contributed by atoms with E-state index >= 15 is 0 Å². The largest absolute Gasteiger partial charge is 1.00 e. The molecule has 0 spiro atoms. The van der Waals surface area contributed by atoms with Crippen LogP contribution in [0.15, 0.2) is 91.0 Å². The van der Waals surface area contributed by atoms with Crippen LogP contribution in [0.4, 0.5) is 0 Å². The number of hydrogen-bond donors (Lipinski definition) is 0. The number of hydrogen-bond acceptors (Lipinski definition) is 1. The molecule has 111 valence electrons. The van der Waals surface area contributed by atoms with Crippen molar-refractivity contribution < 1.29 is 24.3 Å². The van der Waals surface area contributed by atoms with Crippen LogP contribution in [-0.4, -0.2) is 6.79 Å². The van der Waals surface area contributed by atoms with E-state index in [4.69, 9.17) is 4.79 Å². The quantitative estimate of drug-likeness (QED) is 0.290. The Hall–Kier alpha value is -1.62. The molecule has 0 unspecified atom stereocenters. The van der Waals surface area contributed by atoms with Gasteiger partial charge in [-0.05, 0) is 36.4 Å². The van der Waals surface area contributed by atoms with Crippen molar-refractivity contribution in [3.8, 4) is 0 Å². The van der Waals surface area contributed by atoms with Gasteiger partial charge in [0, 0.05) is 0 Å². The van der Waals surface area contributed by atoms with Crippen LogP contribution in [0.25, 0.3) is 0 Å². The van der Waals surface area contributed by atoms with Gasteiger partial charge in [0.05, 0.1) is 7.92 Å². The molecule has 22 heavy (non-hydrogen) atoms. The summed E-state index contributed by atoms with van der Waals surface area (Å²) in [4.78, 5) is 7.75. The molecule has 0 saturated carbocycles. The van der Waals surface area contributed by atoms with Gasteiger partial charge in [-0.1, -0.05) is 54.6 Å². The van der Waals surface area contributed by atoms with Crippen molar-refractivity contribution in [1.82, 2.24) is 0 Å². The standard InChI is InChI=1S/C18H15P.CHO.Ru/c1-4-10-16(11-5-1)19(17-12-6-2-7-13-17)18-14-8-3-9-15-18;1-2;/h1-15H;1H;/q;-1;+1/p+1. The van der Waals surface area contributed by atoms with Crippen LogP contribution in [0.3, 0.4) is 0 Å². The summed E-state index contributed by atoms with van der Waals surface area (Å²) in [6, 6.07) is 32.5. The van der Waals surface area contributed by atoms with Gasteiger partial charge in [0.1, 0.15) is 15.9 Å². The van der Waals surface area contributed by atoms with Gasteiger partial charge in [0.2, 0.25) is 0 Å². The fraction of sp³-hybridized carbons (Fsp3) is 0. The van der Waals surface area contributed by atoms with Gasteiger partial charge in [-0.25, -0.2) is 0 Å². The average Bonchev–Trinajstić information content (AvgIpc) is 2.60. The third kappa shape index (κ3) is 4.70. The minimum atomic E-state index is -0.877. The summed E-state index contributed by atoms with van der Waals surface area (Å²) in [7, 11) is -0.877. The van der Waals surface area contributed by atoms with Crippen LogP contribution in [0.5, 0.6) is 0 Å². The normalized spacial score (nSPS) is 9.32. The molecule has 1 nitrogen and oxygen atoms in total. The van der Waals surface area contributed by atoms with Crippen LogP contribution in [0.2, 0.25) is 0 Å². The first-order valence-electron chi connectivity index (χ1n) is 6.72. The first-order valence-corrected chi connectivity index (χ1v) is 8.22. The molecule has 0 aliphatic rings. The summed E-state index contributed by atoms with van der Waals surface area (Å²) in [6.45, 7) is 3.25. The summed E-state index contributed by atoms with van der Waals surface area (Å²) < 4.78 is 0. The molecule has 0 fully saturated rings. The van der Waals surface area contributed by atoms with Gasteiger partial charge in [0.25, 0.3) is 0 Å². The van der Waals surface area contributed by atoms with Crippen molar-refractivity contribution in [2.45, 2.75) is 0 Å². The molecule has 0 aromatic heterocycles. The predicted molar refractivity (Wildman–Crippen MR) is 93.3 cm³/mol. The Morgan fingerprint density at radius 1 is 0.500 bits per heavy atom. The fourth-order valence-electron chi connectivity index (χ4n) is 2.31. The molecule has 0 N–H and O–H groups in total. The summed E-state index contributed by atoms with van der Waals surface area (Å²) in [5.74, 6) is 0. The minimum Gasteiger partial charge on any atom is -0.545 e. The average molecular weight is 393 g/mol. The molecule has 0 aliphatic carbocycles. The Labute approximate surface area is 145 Å². The van der Waals surface area contributed by atoms with E-state index in [1.807, 2.05) is 0 Å². The topological polar surface area (TPSA) is 17.1 Å². The molecular weight excluding hydrogens is 376 g/mol. The zero-order chi connectivity index (χ0) is 14.9. The summed E-state index contributed by atoms with van der Waals surface area (Å²) in [5, 5.41) is 4.31. The van der Waals surface area contributed by atoms with Crippen molar-refractivity contribution >= 4 is 30.6 Å². The summed E-state index contributed by atoms with van der Waals surface area (Å²) in [5.41, 5.74) is 0. The van der Waals surface area contributed by atoms with Crippen molar-refractivity contribution in [1.29, 1.82) is 0 Å². The Kier molecular flexibility index (Phi) is 8.52. The molecule has 3 aromatic carbocycles. The van der Waals surface area contributed by atoms with Gasteiger partial charge < -0.3 is 4.79 Å². The smallest absolute Gasteiger partial charge is 0.545 e. The molecule has 0 aliphatic heterocycles. The van der Waals surface area contributed by atoms with E-state index in [2.05, 4.69) is 97.8 Å². The zero-order valence-electron chi connectivity index (χ0n) is 12.0. The van der Waals surface area contributed by atoms with E-state index in [9.17, 15) is 0 Å². The van der Waals surface area contributed by atoms with E-state index < -0.39 is 7.92 Å². The van der Waals surface area contributed by atoms with Crippen LogP contribution < -0.4 is 15.9 Å². The maximum absolute atomic E-state index is 7.75. The molecule has 3 aromatic rings. The van der Waals surface area contributed by atoms with Crippen LogP contribution in [-0.2, 0) is 24.3 Å². The first-order chi connectivity index (χ1) is 10.4. The molecule has 0 atom stereocenters. The third-order valence-electron chi connectivity index (χ3n) is 3.19. The molecule has 0 saturated heterocycles. The fourth-order valence-corrected chi connectivity index (χ4v) is 4.89. The molecule has 1 radical (unpaired) electrons. The van der Waals surface area contributed by atoms with Gasteiger partial charge in [-0.2, -0.15) is 0 Å². The van der Waals surface area contributed by atoms with Crippen LogP contribution in [0.1, 0.15) is 0 Å². The second-order valence-electron chi connectivity index (χ2n) is 4.47. The molecule has 0 bridgehead atoms. The van der Waals surface area contributed by atoms with E-state index in [1.165, 1.54) is 15.9 Å². The van der Waals surface area contributed by atoms with Crippen molar-refractivity contribution in [3.63, 3.8) is 0 Å². The van der Waals surface area contributed by atoms with E-state index in [-0.39, 0.29) is 19.5 Å². The Balaban J connectivity index is 0.000000775. The van der Waals surface area contributed by atoms with Crippen molar-refractivity contribution in [2.24, 2.45) is 0 Å². The number of carbonyl (C=O) groups excluding carboxylic acids is 1. The molecule has 0 heterocycles. The molecule has 3 heteroatoms. The van der Waals surface area contributed by atoms with E-state index in [0.717, 1.165) is 0 Å². The minimum absolute atomic E-state index is 0. The number of benzene rings is 3. The van der Waals surface area contributed by atoms with Crippen molar-refractivity contribution in [3.05, 3.63) is 91.0 Å². The predicted octanol–water partition coefficient (Wildman–Crippen LogP) is 2.90. The molecule has 3 rings (SSSR count). The maximum atomic E-state index is 7.75. The van der Waals surface area contributed by atoms with E-state index in [0.29, 0.717) is 0 Å².